The second-order valence-electron chi connectivity index (χ2n) is 5.70. The maximum Gasteiger partial charge on any atom is 0.110 e. The van der Waals surface area contributed by atoms with Crippen molar-refractivity contribution >= 4 is 27.6 Å². The third kappa shape index (κ3) is 1.73. The molecule has 0 fully saturated rings. The number of hydrogen-bond acceptors (Lipinski definition) is 2. The molecule has 0 bridgehead atoms. The van der Waals surface area contributed by atoms with Gasteiger partial charge in [0.25, 0.3) is 0 Å². The van der Waals surface area contributed by atoms with Crippen LogP contribution in [0.1, 0.15) is 22.8 Å². The number of rotatable bonds is 0. The monoisotopic (exact) mass is 276 g/mol. The SMILES string of the molecule is Cc1cc2c(c3ccc4ccccc4c13)[C@@H](O)[C@H](O)C=C2. The van der Waals surface area contributed by atoms with Crippen LogP contribution in [0, 0.1) is 6.92 Å². The molecule has 3 aromatic rings. The maximum atomic E-state index is 10.4. The summed E-state index contributed by atoms with van der Waals surface area (Å²) in [5.41, 5.74) is 3.01. The van der Waals surface area contributed by atoms with Crippen molar-refractivity contribution in [2.24, 2.45) is 0 Å². The third-order valence-electron chi connectivity index (χ3n) is 4.39. The van der Waals surface area contributed by atoms with Crippen molar-refractivity contribution in [2.45, 2.75) is 19.1 Å². The summed E-state index contributed by atoms with van der Waals surface area (Å²) in [5.74, 6) is 0. The number of aliphatic hydroxyl groups is 2. The van der Waals surface area contributed by atoms with Gasteiger partial charge < -0.3 is 10.2 Å². The molecule has 2 nitrogen and oxygen atoms in total. The van der Waals surface area contributed by atoms with Crippen LogP contribution in [0.5, 0.6) is 0 Å². The highest BCUT2D eigenvalue weighted by Gasteiger charge is 2.25. The molecule has 1 aliphatic carbocycles. The molecule has 0 saturated carbocycles. The predicted octanol–water partition coefficient (Wildman–Crippen LogP) is 3.72. The van der Waals surface area contributed by atoms with Gasteiger partial charge in [0.1, 0.15) is 12.2 Å². The topological polar surface area (TPSA) is 40.5 Å². The number of fused-ring (bicyclic) bond motifs is 5. The molecule has 0 amide bonds. The van der Waals surface area contributed by atoms with Crippen molar-refractivity contribution in [2.75, 3.05) is 0 Å². The number of hydrogen-bond donors (Lipinski definition) is 2. The van der Waals surface area contributed by atoms with Gasteiger partial charge in [0.15, 0.2) is 0 Å². The summed E-state index contributed by atoms with van der Waals surface area (Å²) in [6, 6.07) is 14.5. The number of aryl methyl sites for hydroxylation is 1. The smallest absolute Gasteiger partial charge is 0.110 e. The van der Waals surface area contributed by atoms with E-state index >= 15 is 0 Å². The van der Waals surface area contributed by atoms with Crippen molar-refractivity contribution < 1.29 is 10.2 Å². The van der Waals surface area contributed by atoms with Crippen LogP contribution in [0.3, 0.4) is 0 Å². The van der Waals surface area contributed by atoms with Gasteiger partial charge in [-0.05, 0) is 45.2 Å². The predicted molar refractivity (Wildman–Crippen MR) is 86.2 cm³/mol. The highest BCUT2D eigenvalue weighted by Crippen LogP contribution is 2.38. The van der Waals surface area contributed by atoms with Gasteiger partial charge in [-0.1, -0.05) is 54.6 Å². The first-order valence-corrected chi connectivity index (χ1v) is 7.16. The van der Waals surface area contributed by atoms with E-state index in [1.54, 1.807) is 6.08 Å². The van der Waals surface area contributed by atoms with Crippen molar-refractivity contribution in [3.05, 3.63) is 65.2 Å². The minimum absolute atomic E-state index is 0.830. The maximum absolute atomic E-state index is 10.4. The lowest BCUT2D eigenvalue weighted by Gasteiger charge is -2.25. The lowest BCUT2D eigenvalue weighted by atomic mass is 9.85. The second-order valence-corrected chi connectivity index (χ2v) is 5.70. The van der Waals surface area contributed by atoms with Crippen LogP contribution >= 0.6 is 0 Å². The molecule has 0 saturated heterocycles. The highest BCUT2D eigenvalue weighted by molar-refractivity contribution is 6.11. The van der Waals surface area contributed by atoms with Gasteiger partial charge in [0.2, 0.25) is 0 Å². The number of benzene rings is 3. The van der Waals surface area contributed by atoms with Crippen LogP contribution in [0.25, 0.3) is 27.6 Å². The Morgan fingerprint density at radius 1 is 0.952 bits per heavy atom. The van der Waals surface area contributed by atoms with E-state index in [1.807, 2.05) is 18.2 Å². The summed E-state index contributed by atoms with van der Waals surface area (Å²) in [4.78, 5) is 0. The van der Waals surface area contributed by atoms with Gasteiger partial charge in [0.05, 0.1) is 0 Å². The second kappa shape index (κ2) is 4.42. The lowest BCUT2D eigenvalue weighted by Crippen LogP contribution is -2.20. The molecular formula is C19H16O2. The zero-order chi connectivity index (χ0) is 14.6. The van der Waals surface area contributed by atoms with E-state index in [2.05, 4.69) is 37.3 Å². The molecule has 21 heavy (non-hydrogen) atoms. The molecule has 2 atom stereocenters. The highest BCUT2D eigenvalue weighted by atomic mass is 16.3. The van der Waals surface area contributed by atoms with Crippen LogP contribution in [-0.2, 0) is 0 Å². The van der Waals surface area contributed by atoms with Crippen LogP contribution in [0.2, 0.25) is 0 Å². The summed E-state index contributed by atoms with van der Waals surface area (Å²) < 4.78 is 0. The molecule has 104 valence electrons. The Hall–Kier alpha value is -2.16. The van der Waals surface area contributed by atoms with Crippen molar-refractivity contribution in [1.29, 1.82) is 0 Å². The minimum Gasteiger partial charge on any atom is -0.386 e. The molecule has 0 aromatic heterocycles. The van der Waals surface area contributed by atoms with Gasteiger partial charge in [-0.25, -0.2) is 0 Å². The Bertz CT molecular complexity index is 893. The molecule has 1 aliphatic rings. The Balaban J connectivity index is 2.21. The Morgan fingerprint density at radius 3 is 2.62 bits per heavy atom. The molecule has 2 N–H and O–H groups in total. The first kappa shape index (κ1) is 12.6. The van der Waals surface area contributed by atoms with Gasteiger partial charge in [0, 0.05) is 0 Å². The largest absolute Gasteiger partial charge is 0.386 e. The standard InChI is InChI=1S/C19H16O2/c1-11-10-13-7-9-16(20)19(21)18(13)15-8-6-12-4-2-3-5-14(12)17(11)15/h2-10,16,19-21H,1H3/t16-,19+/m1/s1. The lowest BCUT2D eigenvalue weighted by molar-refractivity contribution is 0.0480. The fourth-order valence-corrected chi connectivity index (χ4v) is 3.41. The quantitative estimate of drug-likeness (QED) is 0.614. The Labute approximate surface area is 123 Å². The van der Waals surface area contributed by atoms with Crippen LogP contribution in [0.4, 0.5) is 0 Å². The normalized spacial score (nSPS) is 20.9. The molecule has 0 spiro atoms. The van der Waals surface area contributed by atoms with Gasteiger partial charge in [-0.3, -0.25) is 0 Å². The van der Waals surface area contributed by atoms with Crippen LogP contribution in [0.15, 0.2) is 48.5 Å². The number of aliphatic hydroxyl groups excluding tert-OH is 2. The van der Waals surface area contributed by atoms with E-state index in [-0.39, 0.29) is 0 Å². The third-order valence-corrected chi connectivity index (χ3v) is 4.39. The summed E-state index contributed by atoms with van der Waals surface area (Å²) in [5, 5.41) is 24.9. The molecule has 0 unspecified atom stereocenters. The van der Waals surface area contributed by atoms with E-state index in [4.69, 9.17) is 0 Å². The van der Waals surface area contributed by atoms with E-state index in [1.165, 1.54) is 16.3 Å². The first-order valence-electron chi connectivity index (χ1n) is 7.16. The minimum atomic E-state index is -0.866. The van der Waals surface area contributed by atoms with Gasteiger partial charge in [-0.2, -0.15) is 0 Å². The first-order chi connectivity index (χ1) is 10.2. The van der Waals surface area contributed by atoms with Crippen molar-refractivity contribution in [3.63, 3.8) is 0 Å². The van der Waals surface area contributed by atoms with Crippen molar-refractivity contribution in [1.82, 2.24) is 0 Å². The summed E-state index contributed by atoms with van der Waals surface area (Å²) in [7, 11) is 0. The molecule has 3 aromatic carbocycles. The zero-order valence-electron chi connectivity index (χ0n) is 11.7. The van der Waals surface area contributed by atoms with Crippen LogP contribution in [-0.4, -0.2) is 16.3 Å². The molecule has 2 heteroatoms. The Kier molecular flexibility index (Phi) is 2.64. The summed E-state index contributed by atoms with van der Waals surface area (Å²) >= 11 is 0. The molecule has 4 rings (SSSR count). The van der Waals surface area contributed by atoms with Gasteiger partial charge in [-0.15, -0.1) is 0 Å². The average Bonchev–Trinajstić information content (AvgIpc) is 2.50. The summed E-state index contributed by atoms with van der Waals surface area (Å²) in [6.45, 7) is 2.10. The molecule has 0 aliphatic heterocycles. The summed E-state index contributed by atoms with van der Waals surface area (Å²) in [6.07, 6.45) is 1.84. The molecule has 0 radical (unpaired) electrons. The average molecular weight is 276 g/mol. The zero-order valence-corrected chi connectivity index (χ0v) is 11.7. The van der Waals surface area contributed by atoms with E-state index in [9.17, 15) is 10.2 Å². The fraction of sp³-hybridized carbons (Fsp3) is 0.158. The van der Waals surface area contributed by atoms with E-state index < -0.39 is 12.2 Å². The van der Waals surface area contributed by atoms with Gasteiger partial charge >= 0.3 is 0 Å². The Morgan fingerprint density at radius 2 is 1.76 bits per heavy atom. The van der Waals surface area contributed by atoms with E-state index in [0.29, 0.717) is 0 Å². The van der Waals surface area contributed by atoms with Crippen LogP contribution < -0.4 is 0 Å². The fourth-order valence-electron chi connectivity index (χ4n) is 3.41. The molecular weight excluding hydrogens is 260 g/mol. The van der Waals surface area contributed by atoms with E-state index in [0.717, 1.165) is 21.9 Å². The van der Waals surface area contributed by atoms with Crippen molar-refractivity contribution in [3.8, 4) is 0 Å². The molecule has 0 heterocycles.